The van der Waals surface area contributed by atoms with Gasteiger partial charge < -0.3 is 0 Å². The maximum absolute atomic E-state index is 5.26. The molecule has 0 amide bonds. The summed E-state index contributed by atoms with van der Waals surface area (Å²) in [5.41, 5.74) is 11.8. The van der Waals surface area contributed by atoms with Crippen LogP contribution < -0.4 is 0 Å². The molecule has 0 aliphatic carbocycles. The van der Waals surface area contributed by atoms with Gasteiger partial charge in [-0.05, 0) is 110 Å². The number of nitrogens with zero attached hydrogens (tertiary/aromatic N) is 2. The standard InChI is InChI=1S/C54H34N2S/c1-3-13-37(14-4-1)50-34-51(56-54(55-50)38-15-5-2-6-16-38)45-30-43(29-44(31-45)42-26-27-53-49(33-42)47-20-9-10-21-52(47)57-53)40-18-11-17-39(28-40)41-25-24-36-23-22-35-12-7-8-19-46(35)48(36)32-41/h1-34H. The molecule has 57 heavy (non-hydrogen) atoms. The highest BCUT2D eigenvalue weighted by Gasteiger charge is 2.15. The van der Waals surface area contributed by atoms with E-state index in [0.717, 1.165) is 44.8 Å². The van der Waals surface area contributed by atoms with Gasteiger partial charge >= 0.3 is 0 Å². The first kappa shape index (κ1) is 33.2. The number of fused-ring (bicyclic) bond motifs is 6. The maximum atomic E-state index is 5.26. The van der Waals surface area contributed by atoms with Crippen molar-refractivity contribution in [2.24, 2.45) is 0 Å². The highest BCUT2D eigenvalue weighted by atomic mass is 32.1. The van der Waals surface area contributed by atoms with Gasteiger partial charge in [-0.15, -0.1) is 11.3 Å². The Morgan fingerprint density at radius 1 is 0.263 bits per heavy atom. The summed E-state index contributed by atoms with van der Waals surface area (Å²) in [4.78, 5) is 10.4. The van der Waals surface area contributed by atoms with Crippen LogP contribution in [0, 0.1) is 0 Å². The molecule has 0 unspecified atom stereocenters. The molecule has 0 aliphatic heterocycles. The lowest BCUT2D eigenvalue weighted by atomic mass is 9.92. The molecular formula is C54H34N2S. The van der Waals surface area contributed by atoms with Crippen molar-refractivity contribution >= 4 is 53.1 Å². The zero-order valence-electron chi connectivity index (χ0n) is 30.9. The molecule has 9 aromatic carbocycles. The smallest absolute Gasteiger partial charge is 0.160 e. The number of benzene rings is 9. The van der Waals surface area contributed by atoms with Gasteiger partial charge in [0, 0.05) is 36.9 Å². The Morgan fingerprint density at radius 2 is 0.754 bits per heavy atom. The second kappa shape index (κ2) is 13.8. The first-order valence-corrected chi connectivity index (χ1v) is 20.1. The van der Waals surface area contributed by atoms with E-state index in [9.17, 15) is 0 Å². The van der Waals surface area contributed by atoms with E-state index >= 15 is 0 Å². The van der Waals surface area contributed by atoms with Crippen LogP contribution in [-0.2, 0) is 0 Å². The molecule has 0 saturated heterocycles. The van der Waals surface area contributed by atoms with E-state index in [0.29, 0.717) is 5.82 Å². The van der Waals surface area contributed by atoms with Gasteiger partial charge in [-0.3, -0.25) is 0 Å². The second-order valence-corrected chi connectivity index (χ2v) is 15.7. The van der Waals surface area contributed by atoms with Gasteiger partial charge in [0.05, 0.1) is 11.4 Å². The summed E-state index contributed by atoms with van der Waals surface area (Å²) < 4.78 is 2.60. The zero-order valence-corrected chi connectivity index (χ0v) is 31.7. The largest absolute Gasteiger partial charge is 0.228 e. The molecule has 11 aromatic rings. The van der Waals surface area contributed by atoms with Crippen molar-refractivity contribution in [3.63, 3.8) is 0 Å². The average Bonchev–Trinajstić information content (AvgIpc) is 3.67. The van der Waals surface area contributed by atoms with Crippen molar-refractivity contribution < 1.29 is 0 Å². The van der Waals surface area contributed by atoms with Gasteiger partial charge in [0.1, 0.15) is 0 Å². The Kier molecular flexibility index (Phi) is 8.04. The highest BCUT2D eigenvalue weighted by molar-refractivity contribution is 7.25. The molecule has 0 fully saturated rings. The van der Waals surface area contributed by atoms with Crippen molar-refractivity contribution in [2.75, 3.05) is 0 Å². The van der Waals surface area contributed by atoms with Crippen LogP contribution in [0.3, 0.4) is 0 Å². The van der Waals surface area contributed by atoms with Crippen LogP contribution in [0.1, 0.15) is 0 Å². The minimum atomic E-state index is 0.705. The monoisotopic (exact) mass is 742 g/mol. The van der Waals surface area contributed by atoms with Crippen LogP contribution in [0.5, 0.6) is 0 Å². The Balaban J connectivity index is 1.11. The summed E-state index contributed by atoms with van der Waals surface area (Å²) in [5.74, 6) is 0.705. The second-order valence-electron chi connectivity index (χ2n) is 14.6. The first-order chi connectivity index (χ1) is 28.2. The van der Waals surface area contributed by atoms with Gasteiger partial charge in [0.25, 0.3) is 0 Å². The fraction of sp³-hybridized carbons (Fsp3) is 0. The van der Waals surface area contributed by atoms with E-state index in [1.54, 1.807) is 0 Å². The summed E-state index contributed by atoms with van der Waals surface area (Å²) in [6.07, 6.45) is 0. The van der Waals surface area contributed by atoms with E-state index in [-0.39, 0.29) is 0 Å². The molecule has 2 heterocycles. The molecule has 0 aliphatic rings. The number of aromatic nitrogens is 2. The lowest BCUT2D eigenvalue weighted by Crippen LogP contribution is -1.96. The van der Waals surface area contributed by atoms with E-state index < -0.39 is 0 Å². The quantitative estimate of drug-likeness (QED) is 0.159. The van der Waals surface area contributed by atoms with E-state index in [4.69, 9.17) is 9.97 Å². The van der Waals surface area contributed by atoms with Crippen LogP contribution in [0.4, 0.5) is 0 Å². The summed E-state index contributed by atoms with van der Waals surface area (Å²) in [5, 5.41) is 7.62. The average molecular weight is 743 g/mol. The molecule has 3 heteroatoms. The van der Waals surface area contributed by atoms with E-state index in [1.807, 2.05) is 35.6 Å². The molecule has 0 radical (unpaired) electrons. The lowest BCUT2D eigenvalue weighted by Gasteiger charge is -2.14. The van der Waals surface area contributed by atoms with Gasteiger partial charge in [0.2, 0.25) is 0 Å². The summed E-state index contributed by atoms with van der Waals surface area (Å²) in [6.45, 7) is 0. The molecule has 0 bridgehead atoms. The van der Waals surface area contributed by atoms with E-state index in [1.165, 1.54) is 58.4 Å². The van der Waals surface area contributed by atoms with Gasteiger partial charge in [-0.2, -0.15) is 0 Å². The van der Waals surface area contributed by atoms with Crippen molar-refractivity contribution in [3.8, 4) is 67.3 Å². The summed E-state index contributed by atoms with van der Waals surface area (Å²) in [7, 11) is 0. The van der Waals surface area contributed by atoms with Gasteiger partial charge in [-0.1, -0.05) is 152 Å². The molecule has 0 saturated carbocycles. The maximum Gasteiger partial charge on any atom is 0.160 e. The molecule has 0 atom stereocenters. The Labute approximate surface area is 335 Å². The fourth-order valence-corrected chi connectivity index (χ4v) is 9.23. The van der Waals surface area contributed by atoms with Crippen LogP contribution in [-0.4, -0.2) is 9.97 Å². The van der Waals surface area contributed by atoms with Crippen molar-refractivity contribution in [2.45, 2.75) is 0 Å². The molecule has 11 rings (SSSR count). The number of rotatable bonds is 6. The molecule has 2 aromatic heterocycles. The van der Waals surface area contributed by atoms with E-state index in [2.05, 4.69) is 182 Å². The minimum absolute atomic E-state index is 0.705. The normalized spacial score (nSPS) is 11.5. The molecule has 266 valence electrons. The van der Waals surface area contributed by atoms with Crippen molar-refractivity contribution in [1.82, 2.24) is 9.97 Å². The van der Waals surface area contributed by atoms with Crippen LogP contribution in [0.15, 0.2) is 206 Å². The van der Waals surface area contributed by atoms with Crippen molar-refractivity contribution in [3.05, 3.63) is 206 Å². The fourth-order valence-electron chi connectivity index (χ4n) is 8.14. The lowest BCUT2D eigenvalue weighted by molar-refractivity contribution is 1.18. The third kappa shape index (κ3) is 6.15. The molecule has 0 N–H and O–H groups in total. The molecule has 0 spiro atoms. The number of hydrogen-bond donors (Lipinski definition) is 0. The van der Waals surface area contributed by atoms with Crippen molar-refractivity contribution in [1.29, 1.82) is 0 Å². The Bertz CT molecular complexity index is 3230. The van der Waals surface area contributed by atoms with Gasteiger partial charge in [0.15, 0.2) is 5.82 Å². The summed E-state index contributed by atoms with van der Waals surface area (Å²) in [6, 6.07) is 74.2. The number of thiophene rings is 1. The Morgan fingerprint density at radius 3 is 1.54 bits per heavy atom. The topological polar surface area (TPSA) is 25.8 Å². The van der Waals surface area contributed by atoms with Crippen LogP contribution >= 0.6 is 11.3 Å². The predicted octanol–water partition coefficient (Wildman–Crippen LogP) is 15.2. The Hall–Kier alpha value is -7.20. The minimum Gasteiger partial charge on any atom is -0.228 e. The molecule has 2 nitrogen and oxygen atoms in total. The number of hydrogen-bond acceptors (Lipinski definition) is 3. The zero-order chi connectivity index (χ0) is 37.7. The molecular weight excluding hydrogens is 709 g/mol. The third-order valence-electron chi connectivity index (χ3n) is 11.0. The highest BCUT2D eigenvalue weighted by Crippen LogP contribution is 2.40. The van der Waals surface area contributed by atoms with Crippen LogP contribution in [0.25, 0.3) is 109 Å². The van der Waals surface area contributed by atoms with Crippen LogP contribution in [0.2, 0.25) is 0 Å². The summed E-state index contributed by atoms with van der Waals surface area (Å²) >= 11 is 1.85. The first-order valence-electron chi connectivity index (χ1n) is 19.3. The predicted molar refractivity (Wildman–Crippen MR) is 243 cm³/mol. The SMILES string of the molecule is c1ccc(-c2cc(-c3cc(-c4cccc(-c5ccc6ccc7ccccc7c6c5)c4)cc(-c4ccc5sc6ccccc6c5c4)c3)nc(-c3ccccc3)n2)cc1. The van der Waals surface area contributed by atoms with Gasteiger partial charge in [-0.25, -0.2) is 9.97 Å². The third-order valence-corrected chi connectivity index (χ3v) is 12.2.